The highest BCUT2D eigenvalue weighted by atomic mass is 16.5. The molecule has 1 aromatic heterocycles. The highest BCUT2D eigenvalue weighted by Gasteiger charge is 2.33. The number of carbonyl (C=O) groups is 2. The normalized spacial score (nSPS) is 22.7. The number of benzene rings is 1. The number of rotatable bonds is 4. The van der Waals surface area contributed by atoms with Crippen LogP contribution in [0, 0.1) is 6.92 Å². The molecule has 2 amide bonds. The molecule has 2 aromatic rings. The summed E-state index contributed by atoms with van der Waals surface area (Å²) in [5.74, 6) is 0.0476. The van der Waals surface area contributed by atoms with Crippen molar-refractivity contribution < 1.29 is 14.3 Å². The number of ether oxygens (including phenoxy) is 1. The molecule has 8 heteroatoms. The Kier molecular flexibility index (Phi) is 6.34. The van der Waals surface area contributed by atoms with E-state index in [0.29, 0.717) is 31.9 Å². The van der Waals surface area contributed by atoms with Crippen LogP contribution in [0.2, 0.25) is 0 Å². The third-order valence-corrected chi connectivity index (χ3v) is 7.23. The molecule has 2 atom stereocenters. The Hall–Kier alpha value is -2.87. The molecule has 0 saturated carbocycles. The van der Waals surface area contributed by atoms with Gasteiger partial charge in [0.15, 0.2) is 5.69 Å². The lowest BCUT2D eigenvalue weighted by atomic mass is 10.1. The molecule has 34 heavy (non-hydrogen) atoms. The number of aromatic nitrogens is 2. The van der Waals surface area contributed by atoms with Crippen LogP contribution < -0.4 is 4.90 Å². The largest absolute Gasteiger partial charge is 0.372 e. The van der Waals surface area contributed by atoms with Gasteiger partial charge in [-0.2, -0.15) is 5.10 Å². The molecule has 0 spiro atoms. The Balaban J connectivity index is 1.25. The van der Waals surface area contributed by atoms with Gasteiger partial charge in [-0.15, -0.1) is 0 Å². The van der Waals surface area contributed by atoms with Crippen LogP contribution in [0.15, 0.2) is 24.3 Å². The average Bonchev–Trinajstić information content (AvgIpc) is 3.42. The molecule has 0 N–H and O–H groups in total. The first kappa shape index (κ1) is 22.9. The minimum atomic E-state index is -0.0296. The maximum Gasteiger partial charge on any atom is 0.274 e. The van der Waals surface area contributed by atoms with Gasteiger partial charge in [0.1, 0.15) is 6.54 Å². The molecule has 2 aliphatic heterocycles. The number of aryl methyl sites for hydroxylation is 1. The summed E-state index contributed by atoms with van der Waals surface area (Å²) in [4.78, 5) is 32.6. The van der Waals surface area contributed by atoms with E-state index >= 15 is 0 Å². The fourth-order valence-electron chi connectivity index (χ4n) is 5.50. The molecular formula is C26H35N5O3. The lowest BCUT2D eigenvalue weighted by molar-refractivity contribution is -0.132. The second-order valence-corrected chi connectivity index (χ2v) is 9.96. The minimum absolute atomic E-state index is 0.0167. The molecule has 0 bridgehead atoms. The Morgan fingerprint density at radius 3 is 2.32 bits per heavy atom. The van der Waals surface area contributed by atoms with Gasteiger partial charge < -0.3 is 19.4 Å². The summed E-state index contributed by atoms with van der Waals surface area (Å²) in [6.45, 7) is 10.5. The van der Waals surface area contributed by atoms with E-state index in [4.69, 9.17) is 4.74 Å². The SMILES string of the molecule is Cc1ccc(N2CCN(C(=O)Cn3nc(C(=O)N4C[C@@H](C)O[C@@H](C)C4)c4c3CCC4)CC2)cc1. The van der Waals surface area contributed by atoms with Crippen molar-refractivity contribution in [2.45, 2.75) is 58.8 Å². The van der Waals surface area contributed by atoms with Gasteiger partial charge in [0.05, 0.1) is 12.2 Å². The first-order valence-electron chi connectivity index (χ1n) is 12.5. The third-order valence-electron chi connectivity index (χ3n) is 7.23. The van der Waals surface area contributed by atoms with Crippen molar-refractivity contribution in [3.8, 4) is 0 Å². The van der Waals surface area contributed by atoms with Crippen molar-refractivity contribution in [2.24, 2.45) is 0 Å². The van der Waals surface area contributed by atoms with Crippen LogP contribution in [-0.4, -0.2) is 82.9 Å². The third kappa shape index (κ3) is 4.56. The second kappa shape index (κ2) is 9.41. The maximum absolute atomic E-state index is 13.3. The fraction of sp³-hybridized carbons (Fsp3) is 0.577. The van der Waals surface area contributed by atoms with E-state index in [0.717, 1.165) is 43.6 Å². The molecule has 1 aliphatic carbocycles. The zero-order valence-corrected chi connectivity index (χ0v) is 20.5. The number of morpholine rings is 1. The van der Waals surface area contributed by atoms with Crippen molar-refractivity contribution in [3.63, 3.8) is 0 Å². The summed E-state index contributed by atoms with van der Waals surface area (Å²) < 4.78 is 7.59. The quantitative estimate of drug-likeness (QED) is 0.693. The van der Waals surface area contributed by atoms with E-state index in [1.54, 1.807) is 4.68 Å². The predicted molar refractivity (Wildman–Crippen MR) is 130 cm³/mol. The monoisotopic (exact) mass is 465 g/mol. The molecule has 3 aliphatic rings. The number of hydrogen-bond donors (Lipinski definition) is 0. The first-order chi connectivity index (χ1) is 16.4. The van der Waals surface area contributed by atoms with Crippen LogP contribution in [0.4, 0.5) is 5.69 Å². The second-order valence-electron chi connectivity index (χ2n) is 9.96. The van der Waals surface area contributed by atoms with Crippen LogP contribution in [0.25, 0.3) is 0 Å². The average molecular weight is 466 g/mol. The zero-order chi connectivity index (χ0) is 23.8. The number of fused-ring (bicyclic) bond motifs is 1. The van der Waals surface area contributed by atoms with Gasteiger partial charge in [0.2, 0.25) is 5.91 Å². The van der Waals surface area contributed by atoms with Crippen LogP contribution in [0.5, 0.6) is 0 Å². The van der Waals surface area contributed by atoms with E-state index in [9.17, 15) is 9.59 Å². The summed E-state index contributed by atoms with van der Waals surface area (Å²) >= 11 is 0. The van der Waals surface area contributed by atoms with Crippen LogP contribution in [-0.2, 0) is 28.9 Å². The molecule has 2 saturated heterocycles. The summed E-state index contributed by atoms with van der Waals surface area (Å²) in [5, 5.41) is 4.69. The molecule has 8 nitrogen and oxygen atoms in total. The summed E-state index contributed by atoms with van der Waals surface area (Å²) in [6.07, 6.45) is 2.77. The number of piperazine rings is 1. The van der Waals surface area contributed by atoms with Crippen molar-refractivity contribution in [3.05, 3.63) is 46.8 Å². The summed E-state index contributed by atoms with van der Waals surface area (Å²) in [7, 11) is 0. The van der Waals surface area contributed by atoms with Crippen LogP contribution >= 0.6 is 0 Å². The van der Waals surface area contributed by atoms with Crippen molar-refractivity contribution in [1.29, 1.82) is 0 Å². The van der Waals surface area contributed by atoms with Gasteiger partial charge in [0.25, 0.3) is 5.91 Å². The van der Waals surface area contributed by atoms with Crippen molar-refractivity contribution in [1.82, 2.24) is 19.6 Å². The van der Waals surface area contributed by atoms with E-state index in [-0.39, 0.29) is 30.6 Å². The van der Waals surface area contributed by atoms with E-state index in [1.165, 1.54) is 11.3 Å². The van der Waals surface area contributed by atoms with Gasteiger partial charge in [-0.3, -0.25) is 14.3 Å². The summed E-state index contributed by atoms with van der Waals surface area (Å²) in [6, 6.07) is 8.55. The van der Waals surface area contributed by atoms with Gasteiger partial charge in [0, 0.05) is 56.2 Å². The molecule has 0 radical (unpaired) electrons. The molecule has 5 rings (SSSR count). The van der Waals surface area contributed by atoms with Gasteiger partial charge in [-0.1, -0.05) is 17.7 Å². The number of hydrogen-bond acceptors (Lipinski definition) is 5. The number of carbonyl (C=O) groups excluding carboxylic acids is 2. The molecule has 0 unspecified atom stereocenters. The van der Waals surface area contributed by atoms with E-state index in [1.807, 2.05) is 23.6 Å². The Labute approximate surface area is 201 Å². The number of nitrogens with zero attached hydrogens (tertiary/aromatic N) is 5. The summed E-state index contributed by atoms with van der Waals surface area (Å²) in [5.41, 5.74) is 5.08. The van der Waals surface area contributed by atoms with E-state index in [2.05, 4.69) is 41.2 Å². The lowest BCUT2D eigenvalue weighted by Gasteiger charge is -2.36. The van der Waals surface area contributed by atoms with Crippen LogP contribution in [0.3, 0.4) is 0 Å². The molecule has 3 heterocycles. The zero-order valence-electron chi connectivity index (χ0n) is 20.5. The van der Waals surface area contributed by atoms with Gasteiger partial charge >= 0.3 is 0 Å². The molecule has 1 aromatic carbocycles. The van der Waals surface area contributed by atoms with Crippen molar-refractivity contribution >= 4 is 17.5 Å². The Morgan fingerprint density at radius 1 is 0.971 bits per heavy atom. The van der Waals surface area contributed by atoms with E-state index < -0.39 is 0 Å². The predicted octanol–water partition coefficient (Wildman–Crippen LogP) is 2.28. The Morgan fingerprint density at radius 2 is 1.65 bits per heavy atom. The molecular weight excluding hydrogens is 430 g/mol. The first-order valence-corrected chi connectivity index (χ1v) is 12.5. The highest BCUT2D eigenvalue weighted by molar-refractivity contribution is 5.94. The smallest absolute Gasteiger partial charge is 0.274 e. The lowest BCUT2D eigenvalue weighted by Crippen LogP contribution is -2.49. The molecule has 182 valence electrons. The van der Waals surface area contributed by atoms with Gasteiger partial charge in [-0.25, -0.2) is 0 Å². The minimum Gasteiger partial charge on any atom is -0.372 e. The molecule has 2 fully saturated rings. The van der Waals surface area contributed by atoms with Gasteiger partial charge in [-0.05, 0) is 52.2 Å². The number of anilines is 1. The van der Waals surface area contributed by atoms with Crippen molar-refractivity contribution in [2.75, 3.05) is 44.2 Å². The van der Waals surface area contributed by atoms with Crippen LogP contribution in [0.1, 0.15) is 47.6 Å². The Bertz CT molecular complexity index is 1050. The fourth-order valence-corrected chi connectivity index (χ4v) is 5.50. The number of amides is 2. The topological polar surface area (TPSA) is 70.9 Å². The standard InChI is InChI=1S/C26H35N5O3/c1-18-7-9-21(10-8-18)28-11-13-29(14-12-28)24(32)17-31-23-6-4-5-22(23)25(27-31)26(33)30-15-19(2)34-20(3)16-30/h7-10,19-20H,4-6,11-17H2,1-3H3/t19-,20+. The highest BCUT2D eigenvalue weighted by Crippen LogP contribution is 2.27. The maximum atomic E-state index is 13.3.